The third-order valence-electron chi connectivity index (χ3n) is 6.50. The monoisotopic (exact) mass is 419 g/mol. The van der Waals surface area contributed by atoms with Crippen LogP contribution in [-0.4, -0.2) is 40.1 Å². The van der Waals surface area contributed by atoms with Gasteiger partial charge >= 0.3 is 0 Å². The summed E-state index contributed by atoms with van der Waals surface area (Å²) in [5.41, 5.74) is 3.50. The highest BCUT2D eigenvalue weighted by Gasteiger charge is 2.33. The Morgan fingerprint density at radius 2 is 1.90 bits per heavy atom. The van der Waals surface area contributed by atoms with Crippen LogP contribution in [0.1, 0.15) is 63.3 Å². The number of aromatic nitrogens is 2. The summed E-state index contributed by atoms with van der Waals surface area (Å²) in [6.07, 6.45) is 2.58. The molecule has 2 atom stereocenters. The predicted octanol–water partition coefficient (Wildman–Crippen LogP) is 5.35. The zero-order valence-electron chi connectivity index (χ0n) is 18.9. The van der Waals surface area contributed by atoms with Crippen molar-refractivity contribution in [3.8, 4) is 5.75 Å². The third kappa shape index (κ3) is 4.60. The minimum absolute atomic E-state index is 0.161. The largest absolute Gasteiger partial charge is 0.494 e. The van der Waals surface area contributed by atoms with Crippen molar-refractivity contribution in [2.45, 2.75) is 58.4 Å². The molecule has 5 nitrogen and oxygen atoms in total. The molecule has 2 unspecified atom stereocenters. The van der Waals surface area contributed by atoms with E-state index in [9.17, 15) is 4.79 Å². The summed E-state index contributed by atoms with van der Waals surface area (Å²) in [7, 11) is 0. The molecule has 1 aromatic heterocycles. The molecule has 3 aromatic rings. The van der Waals surface area contributed by atoms with Gasteiger partial charge in [0, 0.05) is 32.0 Å². The van der Waals surface area contributed by atoms with Crippen LogP contribution in [0.5, 0.6) is 5.75 Å². The van der Waals surface area contributed by atoms with Gasteiger partial charge in [-0.3, -0.25) is 4.79 Å². The zero-order valence-corrected chi connectivity index (χ0v) is 18.9. The molecule has 4 rings (SSSR count). The number of likely N-dealkylation sites (N-methyl/N-ethyl adjacent to an activating group) is 1. The summed E-state index contributed by atoms with van der Waals surface area (Å²) >= 11 is 0. The smallest absolute Gasteiger partial charge is 0.223 e. The Bertz CT molecular complexity index is 1020. The molecule has 1 aliphatic rings. The Morgan fingerprint density at radius 1 is 1.13 bits per heavy atom. The molecule has 1 fully saturated rings. The maximum Gasteiger partial charge on any atom is 0.223 e. The van der Waals surface area contributed by atoms with Crippen molar-refractivity contribution < 1.29 is 9.53 Å². The Kier molecular flexibility index (Phi) is 6.59. The van der Waals surface area contributed by atoms with Crippen molar-refractivity contribution in [3.63, 3.8) is 0 Å². The van der Waals surface area contributed by atoms with Crippen LogP contribution >= 0.6 is 0 Å². The number of nitrogens with zero attached hydrogens (tertiary/aromatic N) is 3. The normalized spacial score (nSPS) is 17.5. The maximum absolute atomic E-state index is 12.3. The number of amides is 1. The number of carbonyl (C=O) groups excluding carboxylic acids is 1. The van der Waals surface area contributed by atoms with E-state index in [1.165, 1.54) is 5.56 Å². The quantitative estimate of drug-likeness (QED) is 0.439. The van der Waals surface area contributed by atoms with Gasteiger partial charge in [0.2, 0.25) is 5.91 Å². The van der Waals surface area contributed by atoms with E-state index >= 15 is 0 Å². The summed E-state index contributed by atoms with van der Waals surface area (Å²) in [5, 5.41) is 0. The molecule has 1 amide bonds. The third-order valence-corrected chi connectivity index (χ3v) is 6.50. The Hall–Kier alpha value is -2.82. The van der Waals surface area contributed by atoms with Gasteiger partial charge in [-0.2, -0.15) is 0 Å². The second-order valence-electron chi connectivity index (χ2n) is 8.52. The first-order valence-electron chi connectivity index (χ1n) is 11.6. The number of imidazole rings is 1. The van der Waals surface area contributed by atoms with E-state index < -0.39 is 0 Å². The Balaban J connectivity index is 1.43. The number of ether oxygens (including phenoxy) is 1. The average molecular weight is 420 g/mol. The van der Waals surface area contributed by atoms with E-state index in [1.807, 2.05) is 17.9 Å². The first-order chi connectivity index (χ1) is 15.1. The number of aryl methyl sites for hydroxylation is 1. The van der Waals surface area contributed by atoms with Crippen molar-refractivity contribution >= 4 is 16.9 Å². The summed E-state index contributed by atoms with van der Waals surface area (Å²) in [5.74, 6) is 2.92. The minimum Gasteiger partial charge on any atom is -0.494 e. The molecule has 5 heteroatoms. The highest BCUT2D eigenvalue weighted by molar-refractivity contribution is 5.80. The van der Waals surface area contributed by atoms with E-state index in [1.54, 1.807) is 0 Å². The molecule has 1 saturated heterocycles. The van der Waals surface area contributed by atoms with Crippen molar-refractivity contribution in [1.29, 1.82) is 0 Å². The highest BCUT2D eigenvalue weighted by Crippen LogP contribution is 2.30. The number of likely N-dealkylation sites (tertiary alicyclic amines) is 1. The Morgan fingerprint density at radius 3 is 2.61 bits per heavy atom. The van der Waals surface area contributed by atoms with Crippen LogP contribution in [0, 0.1) is 0 Å². The Labute approximate surface area is 185 Å². The van der Waals surface area contributed by atoms with Gasteiger partial charge in [-0.15, -0.1) is 0 Å². The molecule has 2 heterocycles. The van der Waals surface area contributed by atoms with Crippen LogP contribution in [0.3, 0.4) is 0 Å². The molecular weight excluding hydrogens is 386 g/mol. The molecule has 0 spiro atoms. The lowest BCUT2D eigenvalue weighted by atomic mass is 9.99. The van der Waals surface area contributed by atoms with Gasteiger partial charge in [-0.25, -0.2) is 4.98 Å². The number of carbonyl (C=O) groups is 1. The van der Waals surface area contributed by atoms with Crippen LogP contribution in [0.2, 0.25) is 0 Å². The fourth-order valence-electron chi connectivity index (χ4n) is 4.43. The summed E-state index contributed by atoms with van der Waals surface area (Å²) in [6.45, 7) is 9.51. The molecule has 31 heavy (non-hydrogen) atoms. The minimum atomic E-state index is 0.161. The van der Waals surface area contributed by atoms with Gasteiger partial charge in [0.05, 0.1) is 17.6 Å². The summed E-state index contributed by atoms with van der Waals surface area (Å²) in [6, 6.07) is 16.7. The van der Waals surface area contributed by atoms with E-state index in [0.29, 0.717) is 18.9 Å². The zero-order chi connectivity index (χ0) is 21.8. The van der Waals surface area contributed by atoms with E-state index in [0.717, 1.165) is 55.1 Å². The fourth-order valence-corrected chi connectivity index (χ4v) is 4.43. The van der Waals surface area contributed by atoms with E-state index in [2.05, 4.69) is 60.9 Å². The number of hydrogen-bond acceptors (Lipinski definition) is 3. The fraction of sp³-hybridized carbons (Fsp3) is 0.462. The molecular formula is C26H33N3O2. The maximum atomic E-state index is 12.3. The molecule has 0 radical (unpaired) electrons. The number of benzene rings is 2. The topological polar surface area (TPSA) is 47.4 Å². The van der Waals surface area contributed by atoms with Crippen molar-refractivity contribution in [2.24, 2.45) is 0 Å². The standard InChI is InChI=1S/C26H33N3O2/c1-4-19(3)20-11-13-22(14-12-20)31-16-8-15-29-24-10-7-6-9-23(24)27-26(29)21-17-25(30)28(5-2)18-21/h6-7,9-14,19,21H,4-5,8,15-18H2,1-3H3. The van der Waals surface area contributed by atoms with Gasteiger partial charge in [-0.1, -0.05) is 38.1 Å². The van der Waals surface area contributed by atoms with Crippen LogP contribution < -0.4 is 4.74 Å². The number of para-hydroxylation sites is 2. The van der Waals surface area contributed by atoms with Crippen LogP contribution in [0.25, 0.3) is 11.0 Å². The number of hydrogen-bond donors (Lipinski definition) is 0. The molecule has 0 bridgehead atoms. The average Bonchev–Trinajstić information content (AvgIpc) is 3.36. The van der Waals surface area contributed by atoms with Gasteiger partial charge in [0.15, 0.2) is 0 Å². The lowest BCUT2D eigenvalue weighted by Crippen LogP contribution is -2.24. The van der Waals surface area contributed by atoms with Crippen molar-refractivity contribution in [3.05, 3.63) is 59.9 Å². The second kappa shape index (κ2) is 9.54. The van der Waals surface area contributed by atoms with E-state index in [4.69, 9.17) is 9.72 Å². The molecule has 0 N–H and O–H groups in total. The molecule has 1 aliphatic heterocycles. The van der Waals surface area contributed by atoms with Gasteiger partial charge < -0.3 is 14.2 Å². The van der Waals surface area contributed by atoms with Crippen LogP contribution in [0.4, 0.5) is 0 Å². The summed E-state index contributed by atoms with van der Waals surface area (Å²) < 4.78 is 8.30. The number of fused-ring (bicyclic) bond motifs is 1. The molecule has 0 saturated carbocycles. The highest BCUT2D eigenvalue weighted by atomic mass is 16.5. The van der Waals surface area contributed by atoms with Crippen LogP contribution in [0.15, 0.2) is 48.5 Å². The first-order valence-corrected chi connectivity index (χ1v) is 11.6. The van der Waals surface area contributed by atoms with Gasteiger partial charge in [0.1, 0.15) is 11.6 Å². The SMILES string of the molecule is CCC(C)c1ccc(OCCCn2c(C3CC(=O)N(CC)C3)nc3ccccc32)cc1. The predicted molar refractivity (Wildman–Crippen MR) is 125 cm³/mol. The van der Waals surface area contributed by atoms with Crippen LogP contribution in [-0.2, 0) is 11.3 Å². The van der Waals surface area contributed by atoms with Gasteiger partial charge in [-0.05, 0) is 55.5 Å². The van der Waals surface area contributed by atoms with E-state index in [-0.39, 0.29) is 11.8 Å². The summed E-state index contributed by atoms with van der Waals surface area (Å²) in [4.78, 5) is 19.1. The van der Waals surface area contributed by atoms with Crippen molar-refractivity contribution in [1.82, 2.24) is 14.5 Å². The lowest BCUT2D eigenvalue weighted by molar-refractivity contribution is -0.127. The first kappa shape index (κ1) is 21.4. The molecule has 0 aliphatic carbocycles. The molecule has 164 valence electrons. The van der Waals surface area contributed by atoms with Crippen molar-refractivity contribution in [2.75, 3.05) is 19.7 Å². The molecule has 2 aromatic carbocycles. The second-order valence-corrected chi connectivity index (χ2v) is 8.52. The van der Waals surface area contributed by atoms with Gasteiger partial charge in [0.25, 0.3) is 0 Å². The lowest BCUT2D eigenvalue weighted by Gasteiger charge is -2.16. The number of rotatable bonds is 9.